The fourth-order valence-electron chi connectivity index (χ4n) is 6.77. The highest BCUT2D eigenvalue weighted by Crippen LogP contribution is 2.41. The average molecular weight is 665 g/mol. The number of carbonyl (C=O) groups excluding carboxylic acids is 1. The second kappa shape index (κ2) is 14.4. The van der Waals surface area contributed by atoms with Crippen LogP contribution in [0.2, 0.25) is 5.02 Å². The van der Waals surface area contributed by atoms with E-state index in [-0.39, 0.29) is 17.0 Å². The molecule has 4 heterocycles. The van der Waals surface area contributed by atoms with Gasteiger partial charge < -0.3 is 25.2 Å². The predicted molar refractivity (Wildman–Crippen MR) is 183 cm³/mol. The maximum atomic E-state index is 13.8. The van der Waals surface area contributed by atoms with E-state index in [1.807, 2.05) is 12.1 Å². The molecule has 0 saturated carbocycles. The van der Waals surface area contributed by atoms with Crippen molar-refractivity contribution in [2.75, 3.05) is 74.6 Å². The number of hydroxylamine groups is 1. The van der Waals surface area contributed by atoms with Crippen LogP contribution < -0.4 is 25.3 Å². The summed E-state index contributed by atoms with van der Waals surface area (Å²) in [6.45, 7) is 8.10. The number of halogens is 2. The van der Waals surface area contributed by atoms with Gasteiger partial charge in [0.15, 0.2) is 5.82 Å². The van der Waals surface area contributed by atoms with E-state index in [0.29, 0.717) is 53.9 Å². The Bertz CT molecular complexity index is 1600. The number of nitrogens with one attached hydrogen (secondary N) is 2. The minimum atomic E-state index is -0.470. The first kappa shape index (κ1) is 33.0. The summed E-state index contributed by atoms with van der Waals surface area (Å²) < 4.78 is 19.7. The van der Waals surface area contributed by atoms with Gasteiger partial charge in [0.1, 0.15) is 23.7 Å². The quantitative estimate of drug-likeness (QED) is 0.265. The van der Waals surface area contributed by atoms with Gasteiger partial charge in [-0.2, -0.15) is 0 Å². The van der Waals surface area contributed by atoms with Crippen molar-refractivity contribution in [2.24, 2.45) is 0 Å². The van der Waals surface area contributed by atoms with E-state index in [0.717, 1.165) is 50.3 Å². The molecule has 47 heavy (non-hydrogen) atoms. The van der Waals surface area contributed by atoms with Gasteiger partial charge in [0, 0.05) is 56.8 Å². The zero-order chi connectivity index (χ0) is 33.1. The van der Waals surface area contributed by atoms with Crippen LogP contribution in [0.15, 0.2) is 55.4 Å². The summed E-state index contributed by atoms with van der Waals surface area (Å²) in [5, 5.41) is 8.09. The van der Waals surface area contributed by atoms with Crippen molar-refractivity contribution in [3.8, 4) is 5.75 Å². The fraction of sp³-hybridized carbons (Fsp3) is 0.441. The molecule has 0 spiro atoms. The molecule has 0 radical (unpaired) electrons. The summed E-state index contributed by atoms with van der Waals surface area (Å²) in [6.07, 6.45) is 6.69. The Morgan fingerprint density at radius 3 is 2.62 bits per heavy atom. The Labute approximate surface area is 280 Å². The molecular formula is C34H42ClFN8O3. The number of hydrogen-bond acceptors (Lipinski definition) is 10. The number of rotatable bonds is 10. The molecule has 250 valence electrons. The van der Waals surface area contributed by atoms with Crippen molar-refractivity contribution in [1.29, 1.82) is 0 Å². The third-order valence-corrected chi connectivity index (χ3v) is 9.67. The topological polar surface area (TPSA) is 98.3 Å². The number of ether oxygens (including phenoxy) is 1. The predicted octanol–water partition coefficient (Wildman–Crippen LogP) is 5.63. The molecule has 3 saturated heterocycles. The van der Waals surface area contributed by atoms with Crippen molar-refractivity contribution in [3.63, 3.8) is 0 Å². The summed E-state index contributed by atoms with van der Waals surface area (Å²) >= 11 is 6.07. The summed E-state index contributed by atoms with van der Waals surface area (Å²) in [6, 6.07) is 11.2. The number of anilines is 5. The molecule has 2 aromatic carbocycles. The number of carbonyl (C=O) groups is 1. The first-order chi connectivity index (χ1) is 22.7. The van der Waals surface area contributed by atoms with Gasteiger partial charge in [-0.1, -0.05) is 24.2 Å². The van der Waals surface area contributed by atoms with Gasteiger partial charge in [-0.05, 0) is 63.2 Å². The minimum absolute atomic E-state index is 0.0587. The van der Waals surface area contributed by atoms with E-state index >= 15 is 0 Å². The summed E-state index contributed by atoms with van der Waals surface area (Å²) in [4.78, 5) is 34.6. The van der Waals surface area contributed by atoms with Gasteiger partial charge in [0.05, 0.1) is 41.8 Å². The van der Waals surface area contributed by atoms with Crippen LogP contribution in [0.5, 0.6) is 5.75 Å². The molecule has 3 fully saturated rings. The maximum absolute atomic E-state index is 13.8. The zero-order valence-electron chi connectivity index (χ0n) is 27.1. The molecule has 2 atom stereocenters. The first-order valence-corrected chi connectivity index (χ1v) is 16.4. The van der Waals surface area contributed by atoms with Gasteiger partial charge in [-0.25, -0.2) is 19.4 Å². The normalized spacial score (nSPS) is 20.6. The maximum Gasteiger partial charge on any atom is 0.247 e. The lowest BCUT2D eigenvalue weighted by atomic mass is 10.0. The molecule has 2 unspecified atom stereocenters. The second-order valence-corrected chi connectivity index (χ2v) is 12.8. The molecular weight excluding hydrogens is 623 g/mol. The van der Waals surface area contributed by atoms with Crippen molar-refractivity contribution >= 4 is 46.2 Å². The molecule has 2 N–H and O–H groups in total. The Kier molecular flexibility index (Phi) is 10.1. The van der Waals surface area contributed by atoms with Gasteiger partial charge in [-0.15, -0.1) is 0 Å². The van der Waals surface area contributed by atoms with E-state index in [9.17, 15) is 9.18 Å². The number of methoxy groups -OCH3 is 1. The largest absolute Gasteiger partial charge is 0.494 e. The Hall–Kier alpha value is -3.97. The van der Waals surface area contributed by atoms with Gasteiger partial charge in [0.2, 0.25) is 5.91 Å². The van der Waals surface area contributed by atoms with Crippen molar-refractivity contribution in [1.82, 2.24) is 19.8 Å². The average Bonchev–Trinajstić information content (AvgIpc) is 3.78. The Balaban J connectivity index is 1.22. The third kappa shape index (κ3) is 7.30. The van der Waals surface area contributed by atoms with Crippen LogP contribution in [0.4, 0.5) is 33.1 Å². The smallest absolute Gasteiger partial charge is 0.247 e. The number of aromatic nitrogens is 2. The number of amides is 1. The third-order valence-electron chi connectivity index (χ3n) is 9.38. The molecule has 13 heteroatoms. The number of nitrogens with zero attached hydrogens (tertiary/aromatic N) is 6. The van der Waals surface area contributed by atoms with Crippen LogP contribution in [0.1, 0.15) is 37.3 Å². The lowest BCUT2D eigenvalue weighted by Crippen LogP contribution is -2.45. The Morgan fingerprint density at radius 1 is 1.11 bits per heavy atom. The first-order valence-electron chi connectivity index (χ1n) is 16.0. The van der Waals surface area contributed by atoms with Crippen LogP contribution in [0.3, 0.4) is 0 Å². The van der Waals surface area contributed by atoms with E-state index < -0.39 is 5.82 Å². The number of benzene rings is 2. The summed E-state index contributed by atoms with van der Waals surface area (Å²) in [5.74, 6) is 0.854. The Morgan fingerprint density at radius 2 is 1.91 bits per heavy atom. The molecule has 11 nitrogen and oxygen atoms in total. The van der Waals surface area contributed by atoms with Crippen molar-refractivity contribution < 1.29 is 18.8 Å². The van der Waals surface area contributed by atoms with Gasteiger partial charge in [-0.3, -0.25) is 14.5 Å². The van der Waals surface area contributed by atoms with Crippen LogP contribution in [0.25, 0.3) is 0 Å². The van der Waals surface area contributed by atoms with E-state index in [1.165, 1.54) is 24.9 Å². The van der Waals surface area contributed by atoms with Crippen molar-refractivity contribution in [2.45, 2.75) is 43.8 Å². The standard InChI is InChI=1S/C34H42ClFN8O3/c1-5-34(45)40-27-17-28(31(46-4)18-30(27)42-12-8-23(9-13-42)43-14-10-24(20-43)41(2)3)39-32-19-33(38-21-37-32)44-29(11-15-47-44)22-6-7-26(36)25(35)16-22/h5-7,16-19,21,23-24,29H,1,8-15,20H2,2-4H3,(H,40,45)(H,37,38,39). The van der Waals surface area contributed by atoms with E-state index in [4.69, 9.17) is 21.2 Å². The van der Waals surface area contributed by atoms with Crippen molar-refractivity contribution in [3.05, 3.63) is 71.8 Å². The lowest BCUT2D eigenvalue weighted by molar-refractivity contribution is -0.111. The highest BCUT2D eigenvalue weighted by molar-refractivity contribution is 6.30. The summed E-state index contributed by atoms with van der Waals surface area (Å²) in [5.41, 5.74) is 2.98. The zero-order valence-corrected chi connectivity index (χ0v) is 27.8. The van der Waals surface area contributed by atoms with Crippen LogP contribution in [-0.2, 0) is 9.63 Å². The molecule has 3 aliphatic heterocycles. The van der Waals surface area contributed by atoms with E-state index in [1.54, 1.807) is 30.4 Å². The molecule has 6 rings (SSSR count). The monoisotopic (exact) mass is 664 g/mol. The fourth-order valence-corrected chi connectivity index (χ4v) is 6.95. The number of likely N-dealkylation sites (N-methyl/N-ethyl adjacent to an activating group) is 1. The van der Waals surface area contributed by atoms with Crippen LogP contribution in [-0.4, -0.2) is 91.7 Å². The number of piperidine rings is 1. The minimum Gasteiger partial charge on any atom is -0.494 e. The lowest BCUT2D eigenvalue weighted by Gasteiger charge is -2.39. The van der Waals surface area contributed by atoms with E-state index in [2.05, 4.69) is 56.0 Å². The van der Waals surface area contributed by atoms with Gasteiger partial charge >= 0.3 is 0 Å². The molecule has 0 aliphatic carbocycles. The SMILES string of the molecule is C=CC(=O)Nc1cc(Nc2cc(N3OCCC3c3ccc(F)c(Cl)c3)ncn2)c(OC)cc1N1CCC(N2CCC(N(C)C)C2)CC1. The number of hydrogen-bond donors (Lipinski definition) is 2. The van der Waals surface area contributed by atoms with Gasteiger partial charge in [0.25, 0.3) is 0 Å². The molecule has 1 aromatic heterocycles. The summed E-state index contributed by atoms with van der Waals surface area (Å²) in [7, 11) is 5.94. The number of likely N-dealkylation sites (tertiary alicyclic amines) is 1. The highest BCUT2D eigenvalue weighted by atomic mass is 35.5. The molecule has 3 aromatic rings. The van der Waals surface area contributed by atoms with Crippen LogP contribution in [0, 0.1) is 5.82 Å². The van der Waals surface area contributed by atoms with Crippen LogP contribution >= 0.6 is 11.6 Å². The molecule has 3 aliphatic rings. The molecule has 0 bridgehead atoms. The highest BCUT2D eigenvalue weighted by Gasteiger charge is 2.33. The molecule has 1 amide bonds. The second-order valence-electron chi connectivity index (χ2n) is 12.4.